The molecule has 0 radical (unpaired) electrons. The Bertz CT molecular complexity index is 505. The number of aromatic nitrogens is 2. The molecular formula is C14H19N3O. The van der Waals surface area contributed by atoms with Gasteiger partial charge >= 0.3 is 0 Å². The van der Waals surface area contributed by atoms with Crippen molar-refractivity contribution in [3.05, 3.63) is 36.5 Å². The molecule has 0 bridgehead atoms. The van der Waals surface area contributed by atoms with E-state index >= 15 is 0 Å². The van der Waals surface area contributed by atoms with Crippen LogP contribution in [0.2, 0.25) is 0 Å². The molecule has 1 heterocycles. The predicted molar refractivity (Wildman–Crippen MR) is 72.7 cm³/mol. The van der Waals surface area contributed by atoms with Gasteiger partial charge < -0.3 is 9.64 Å². The molecule has 0 saturated carbocycles. The summed E-state index contributed by atoms with van der Waals surface area (Å²) in [4.78, 5) is 2.10. The third kappa shape index (κ3) is 2.90. The molecule has 0 saturated heterocycles. The fourth-order valence-electron chi connectivity index (χ4n) is 1.78. The van der Waals surface area contributed by atoms with Gasteiger partial charge in [0, 0.05) is 25.4 Å². The second-order valence-corrected chi connectivity index (χ2v) is 4.49. The standard InChI is InChI=1S/C14H19N3O/c1-16(2)10-11-18-14-7-5-4-6-12(14)13-8-9-15-17(13)3/h4-9H,10-11H2,1-3H3. The molecule has 0 aliphatic carbocycles. The molecule has 1 aromatic carbocycles. The van der Waals surface area contributed by atoms with Crippen molar-refractivity contribution in [3.8, 4) is 17.0 Å². The molecule has 0 N–H and O–H groups in total. The van der Waals surface area contributed by atoms with E-state index in [1.807, 2.05) is 50.1 Å². The largest absolute Gasteiger partial charge is 0.492 e. The van der Waals surface area contributed by atoms with Crippen LogP contribution in [-0.4, -0.2) is 41.9 Å². The molecule has 4 heteroatoms. The van der Waals surface area contributed by atoms with E-state index in [9.17, 15) is 0 Å². The molecule has 96 valence electrons. The van der Waals surface area contributed by atoms with Gasteiger partial charge in [0.1, 0.15) is 12.4 Å². The first kappa shape index (κ1) is 12.6. The highest BCUT2D eigenvalue weighted by Crippen LogP contribution is 2.28. The number of ether oxygens (including phenoxy) is 1. The van der Waals surface area contributed by atoms with Gasteiger partial charge in [-0.15, -0.1) is 0 Å². The van der Waals surface area contributed by atoms with Crippen molar-refractivity contribution in [1.82, 2.24) is 14.7 Å². The lowest BCUT2D eigenvalue weighted by Crippen LogP contribution is -2.19. The molecule has 4 nitrogen and oxygen atoms in total. The summed E-state index contributed by atoms with van der Waals surface area (Å²) >= 11 is 0. The van der Waals surface area contributed by atoms with Crippen molar-refractivity contribution in [2.24, 2.45) is 7.05 Å². The lowest BCUT2D eigenvalue weighted by atomic mass is 10.1. The van der Waals surface area contributed by atoms with E-state index < -0.39 is 0 Å². The fourth-order valence-corrected chi connectivity index (χ4v) is 1.78. The van der Waals surface area contributed by atoms with E-state index in [4.69, 9.17) is 4.74 Å². The maximum Gasteiger partial charge on any atom is 0.128 e. The van der Waals surface area contributed by atoms with Gasteiger partial charge in [-0.2, -0.15) is 5.10 Å². The maximum absolute atomic E-state index is 5.84. The van der Waals surface area contributed by atoms with E-state index in [1.54, 1.807) is 6.20 Å². The third-order valence-electron chi connectivity index (χ3n) is 2.78. The number of nitrogens with zero attached hydrogens (tertiary/aromatic N) is 3. The Hall–Kier alpha value is -1.81. The monoisotopic (exact) mass is 245 g/mol. The second kappa shape index (κ2) is 5.69. The van der Waals surface area contributed by atoms with Gasteiger partial charge in [0.2, 0.25) is 0 Å². The number of benzene rings is 1. The van der Waals surface area contributed by atoms with Gasteiger partial charge in [0.25, 0.3) is 0 Å². The number of para-hydroxylation sites is 1. The van der Waals surface area contributed by atoms with E-state index in [1.165, 1.54) is 0 Å². The molecule has 0 amide bonds. The van der Waals surface area contributed by atoms with Crippen molar-refractivity contribution >= 4 is 0 Å². The van der Waals surface area contributed by atoms with Crippen LogP contribution >= 0.6 is 0 Å². The second-order valence-electron chi connectivity index (χ2n) is 4.49. The van der Waals surface area contributed by atoms with Gasteiger partial charge in [-0.25, -0.2) is 0 Å². The van der Waals surface area contributed by atoms with Crippen LogP contribution in [0, 0.1) is 0 Å². The van der Waals surface area contributed by atoms with E-state index in [0.717, 1.165) is 23.6 Å². The van der Waals surface area contributed by atoms with Crippen LogP contribution < -0.4 is 4.74 Å². The quantitative estimate of drug-likeness (QED) is 0.807. The van der Waals surface area contributed by atoms with Crippen LogP contribution in [0.5, 0.6) is 5.75 Å². The van der Waals surface area contributed by atoms with Crippen molar-refractivity contribution in [3.63, 3.8) is 0 Å². The normalized spacial score (nSPS) is 10.9. The summed E-state index contributed by atoms with van der Waals surface area (Å²) in [7, 11) is 6.01. The minimum Gasteiger partial charge on any atom is -0.492 e. The molecule has 0 aliphatic rings. The highest BCUT2D eigenvalue weighted by atomic mass is 16.5. The van der Waals surface area contributed by atoms with E-state index in [2.05, 4.69) is 16.1 Å². The Balaban J connectivity index is 2.18. The Morgan fingerprint density at radius 2 is 2.00 bits per heavy atom. The number of hydrogen-bond donors (Lipinski definition) is 0. The lowest BCUT2D eigenvalue weighted by molar-refractivity contribution is 0.262. The summed E-state index contributed by atoms with van der Waals surface area (Å²) in [6.07, 6.45) is 1.80. The predicted octanol–water partition coefficient (Wildman–Crippen LogP) is 2.03. The zero-order valence-electron chi connectivity index (χ0n) is 11.1. The summed E-state index contributed by atoms with van der Waals surface area (Å²) in [6.45, 7) is 1.58. The van der Waals surface area contributed by atoms with Gasteiger partial charge in [-0.3, -0.25) is 4.68 Å². The van der Waals surface area contributed by atoms with Gasteiger partial charge in [0.05, 0.1) is 5.69 Å². The first-order chi connectivity index (χ1) is 8.68. The van der Waals surface area contributed by atoms with Crippen LogP contribution in [0.3, 0.4) is 0 Å². The SMILES string of the molecule is CN(C)CCOc1ccccc1-c1ccnn1C. The highest BCUT2D eigenvalue weighted by Gasteiger charge is 2.08. The van der Waals surface area contributed by atoms with Gasteiger partial charge in [-0.05, 0) is 32.3 Å². The average molecular weight is 245 g/mol. The zero-order valence-corrected chi connectivity index (χ0v) is 11.1. The van der Waals surface area contributed by atoms with E-state index in [0.29, 0.717) is 6.61 Å². The Labute approximate surface area is 108 Å². The molecule has 0 unspecified atom stereocenters. The fraction of sp³-hybridized carbons (Fsp3) is 0.357. The Kier molecular flexibility index (Phi) is 3.99. The van der Waals surface area contributed by atoms with Crippen LogP contribution in [-0.2, 0) is 7.05 Å². The summed E-state index contributed by atoms with van der Waals surface area (Å²) in [5, 5.41) is 4.20. The highest BCUT2D eigenvalue weighted by molar-refractivity contribution is 5.67. The lowest BCUT2D eigenvalue weighted by Gasteiger charge is -2.14. The summed E-state index contributed by atoms with van der Waals surface area (Å²) in [5.41, 5.74) is 2.15. The molecule has 0 aliphatic heterocycles. The summed E-state index contributed by atoms with van der Waals surface area (Å²) in [5.74, 6) is 0.906. The van der Waals surface area contributed by atoms with E-state index in [-0.39, 0.29) is 0 Å². The number of aryl methyl sites for hydroxylation is 1. The summed E-state index contributed by atoms with van der Waals surface area (Å²) in [6, 6.07) is 10.1. The molecule has 0 fully saturated rings. The number of hydrogen-bond acceptors (Lipinski definition) is 3. The number of likely N-dealkylation sites (N-methyl/N-ethyl adjacent to an activating group) is 1. The van der Waals surface area contributed by atoms with Crippen molar-refractivity contribution in [1.29, 1.82) is 0 Å². The van der Waals surface area contributed by atoms with Crippen molar-refractivity contribution < 1.29 is 4.74 Å². The molecule has 0 spiro atoms. The minimum atomic E-state index is 0.682. The number of rotatable bonds is 5. The van der Waals surface area contributed by atoms with Crippen molar-refractivity contribution in [2.45, 2.75) is 0 Å². The smallest absolute Gasteiger partial charge is 0.128 e. The van der Waals surface area contributed by atoms with Crippen LogP contribution in [0.1, 0.15) is 0 Å². The Morgan fingerprint density at radius 1 is 1.22 bits per heavy atom. The average Bonchev–Trinajstić information content (AvgIpc) is 2.76. The minimum absolute atomic E-state index is 0.682. The van der Waals surface area contributed by atoms with Crippen LogP contribution in [0.25, 0.3) is 11.3 Å². The maximum atomic E-state index is 5.84. The molecule has 0 atom stereocenters. The molecule has 1 aromatic heterocycles. The first-order valence-corrected chi connectivity index (χ1v) is 6.03. The third-order valence-corrected chi connectivity index (χ3v) is 2.78. The molecule has 2 rings (SSSR count). The first-order valence-electron chi connectivity index (χ1n) is 6.03. The Morgan fingerprint density at radius 3 is 2.67 bits per heavy atom. The molecule has 18 heavy (non-hydrogen) atoms. The van der Waals surface area contributed by atoms with Gasteiger partial charge in [-0.1, -0.05) is 12.1 Å². The zero-order chi connectivity index (χ0) is 13.0. The topological polar surface area (TPSA) is 30.3 Å². The van der Waals surface area contributed by atoms with Crippen molar-refractivity contribution in [2.75, 3.05) is 27.2 Å². The van der Waals surface area contributed by atoms with Gasteiger partial charge in [0.15, 0.2) is 0 Å². The molecular weight excluding hydrogens is 226 g/mol. The van der Waals surface area contributed by atoms with Crippen LogP contribution in [0.4, 0.5) is 0 Å². The molecule has 2 aromatic rings. The summed E-state index contributed by atoms with van der Waals surface area (Å²) < 4.78 is 7.70. The van der Waals surface area contributed by atoms with Crippen LogP contribution in [0.15, 0.2) is 36.5 Å².